The molecule has 0 spiro atoms. The van der Waals surface area contributed by atoms with Crippen molar-refractivity contribution in [2.24, 2.45) is 11.7 Å². The Morgan fingerprint density at radius 2 is 2.00 bits per heavy atom. The summed E-state index contributed by atoms with van der Waals surface area (Å²) in [6, 6.07) is -0.00180. The second-order valence-electron chi connectivity index (χ2n) is 4.82. The average Bonchev–Trinajstić information content (AvgIpc) is 2.29. The normalized spacial score (nSPS) is 26.4. The molecule has 0 aromatic rings. The van der Waals surface area contributed by atoms with Gasteiger partial charge >= 0.3 is 0 Å². The van der Waals surface area contributed by atoms with Crippen LogP contribution in [0.15, 0.2) is 0 Å². The monoisotopic (exact) mass is 300 g/mol. The first kappa shape index (κ1) is 18.1. The second-order valence-corrected chi connectivity index (χ2v) is 6.95. The minimum atomic E-state index is -3.30. The molecule has 0 aliphatic heterocycles. The molecule has 3 unspecified atom stereocenters. The van der Waals surface area contributed by atoms with Gasteiger partial charge in [-0.1, -0.05) is 12.8 Å². The molecule has 0 aromatic carbocycles. The number of sulfonamides is 1. The molecule has 0 saturated heterocycles. The Balaban J connectivity index is 0.00000289. The van der Waals surface area contributed by atoms with E-state index in [2.05, 4.69) is 4.72 Å². The van der Waals surface area contributed by atoms with Crippen LogP contribution in [0, 0.1) is 5.92 Å². The van der Waals surface area contributed by atoms with Crippen LogP contribution in [-0.4, -0.2) is 40.0 Å². The molecule has 110 valence electrons. The van der Waals surface area contributed by atoms with Crippen molar-refractivity contribution < 1.29 is 13.2 Å². The standard InChI is InChI=1S/C11H24N2O3S.ClH/c1-9(8-16-2)17(14,15)13-11-6-4-3-5-10(11)7-12;/h9-11,13H,3-8,12H2,1-2H3;1H. The molecular formula is C11H25ClN2O3S. The van der Waals surface area contributed by atoms with Crippen molar-refractivity contribution in [3.05, 3.63) is 0 Å². The molecule has 1 aliphatic carbocycles. The fourth-order valence-corrected chi connectivity index (χ4v) is 3.58. The third kappa shape index (κ3) is 5.01. The van der Waals surface area contributed by atoms with Crippen LogP contribution in [-0.2, 0) is 14.8 Å². The molecule has 5 nitrogen and oxygen atoms in total. The van der Waals surface area contributed by atoms with Gasteiger partial charge in [0.15, 0.2) is 0 Å². The van der Waals surface area contributed by atoms with Gasteiger partial charge in [0.05, 0.1) is 11.9 Å². The van der Waals surface area contributed by atoms with Crippen LogP contribution < -0.4 is 10.5 Å². The van der Waals surface area contributed by atoms with E-state index >= 15 is 0 Å². The number of halogens is 1. The third-order valence-electron chi connectivity index (χ3n) is 3.46. The maximum absolute atomic E-state index is 12.0. The van der Waals surface area contributed by atoms with Crippen molar-refractivity contribution in [2.75, 3.05) is 20.3 Å². The van der Waals surface area contributed by atoms with Crippen LogP contribution in [0.4, 0.5) is 0 Å². The lowest BCUT2D eigenvalue weighted by atomic mass is 9.85. The third-order valence-corrected chi connectivity index (χ3v) is 5.29. The van der Waals surface area contributed by atoms with Gasteiger partial charge in [-0.3, -0.25) is 0 Å². The van der Waals surface area contributed by atoms with Crippen molar-refractivity contribution >= 4 is 22.4 Å². The van der Waals surface area contributed by atoms with Crippen LogP contribution in [0.25, 0.3) is 0 Å². The summed E-state index contributed by atoms with van der Waals surface area (Å²) in [5, 5.41) is -0.521. The molecule has 1 saturated carbocycles. The lowest BCUT2D eigenvalue weighted by molar-refractivity contribution is 0.199. The van der Waals surface area contributed by atoms with Crippen molar-refractivity contribution in [2.45, 2.75) is 43.9 Å². The van der Waals surface area contributed by atoms with Crippen molar-refractivity contribution in [1.82, 2.24) is 4.72 Å². The summed E-state index contributed by atoms with van der Waals surface area (Å²) in [5.41, 5.74) is 5.69. The Bertz CT molecular complexity index is 324. The Kier molecular flexibility index (Phi) is 8.38. The summed E-state index contributed by atoms with van der Waals surface area (Å²) in [6.07, 6.45) is 4.12. The molecule has 1 aliphatic rings. The zero-order chi connectivity index (χ0) is 12.9. The van der Waals surface area contributed by atoms with Gasteiger partial charge in [-0.15, -0.1) is 12.4 Å². The van der Waals surface area contributed by atoms with Crippen LogP contribution in [0.3, 0.4) is 0 Å². The summed E-state index contributed by atoms with van der Waals surface area (Å²) in [7, 11) is -1.79. The highest BCUT2D eigenvalue weighted by Gasteiger charge is 2.30. The number of hydrogen-bond donors (Lipinski definition) is 2. The molecule has 0 amide bonds. The highest BCUT2D eigenvalue weighted by Crippen LogP contribution is 2.24. The number of nitrogens with two attached hydrogens (primary N) is 1. The molecule has 0 bridgehead atoms. The molecule has 0 heterocycles. The summed E-state index contributed by atoms with van der Waals surface area (Å²) in [4.78, 5) is 0. The topological polar surface area (TPSA) is 81.4 Å². The molecule has 1 fully saturated rings. The summed E-state index contributed by atoms with van der Waals surface area (Å²) in [5.74, 6) is 0.272. The summed E-state index contributed by atoms with van der Waals surface area (Å²) >= 11 is 0. The van der Waals surface area contributed by atoms with Gasteiger partial charge in [-0.05, 0) is 32.2 Å². The van der Waals surface area contributed by atoms with E-state index in [-0.39, 0.29) is 31.0 Å². The first-order chi connectivity index (χ1) is 8.01. The van der Waals surface area contributed by atoms with Gasteiger partial charge in [0, 0.05) is 13.2 Å². The number of nitrogens with one attached hydrogen (secondary N) is 1. The molecule has 18 heavy (non-hydrogen) atoms. The fraction of sp³-hybridized carbons (Fsp3) is 1.00. The van der Waals surface area contributed by atoms with E-state index in [0.717, 1.165) is 25.7 Å². The van der Waals surface area contributed by atoms with E-state index in [1.807, 2.05) is 0 Å². The molecular weight excluding hydrogens is 276 g/mol. The smallest absolute Gasteiger partial charge is 0.216 e. The summed E-state index contributed by atoms with van der Waals surface area (Å²) < 4.78 is 31.7. The van der Waals surface area contributed by atoms with E-state index in [1.165, 1.54) is 7.11 Å². The molecule has 1 rings (SSSR count). The van der Waals surface area contributed by atoms with Gasteiger partial charge in [-0.2, -0.15) is 0 Å². The molecule has 0 radical (unpaired) electrons. The largest absolute Gasteiger partial charge is 0.383 e. The molecule has 7 heteroatoms. The Morgan fingerprint density at radius 3 is 2.56 bits per heavy atom. The Labute approximate surface area is 116 Å². The lowest BCUT2D eigenvalue weighted by Crippen LogP contribution is -2.48. The number of rotatable bonds is 6. The quantitative estimate of drug-likeness (QED) is 0.763. The summed E-state index contributed by atoms with van der Waals surface area (Å²) in [6.45, 7) is 2.42. The van der Waals surface area contributed by atoms with Crippen molar-refractivity contribution in [3.63, 3.8) is 0 Å². The average molecular weight is 301 g/mol. The molecule has 3 atom stereocenters. The number of ether oxygens (including phenoxy) is 1. The minimum absolute atomic E-state index is 0. The maximum Gasteiger partial charge on any atom is 0.216 e. The minimum Gasteiger partial charge on any atom is -0.383 e. The van der Waals surface area contributed by atoms with Gasteiger partial charge in [-0.25, -0.2) is 13.1 Å². The number of hydrogen-bond acceptors (Lipinski definition) is 4. The zero-order valence-corrected chi connectivity index (χ0v) is 12.7. The molecule has 0 aromatic heterocycles. The van der Waals surface area contributed by atoms with Gasteiger partial charge < -0.3 is 10.5 Å². The van der Waals surface area contributed by atoms with Crippen molar-refractivity contribution in [1.29, 1.82) is 0 Å². The predicted octanol–water partition coefficient (Wildman–Crippen LogP) is 0.880. The fourth-order valence-electron chi connectivity index (χ4n) is 2.30. The lowest BCUT2D eigenvalue weighted by Gasteiger charge is -2.31. The Hall–Kier alpha value is 0.120. The second kappa shape index (κ2) is 8.32. The molecule has 3 N–H and O–H groups in total. The van der Waals surface area contributed by atoms with Gasteiger partial charge in [0.2, 0.25) is 10.0 Å². The number of methoxy groups -OCH3 is 1. The van der Waals surface area contributed by atoms with Gasteiger partial charge in [0.1, 0.15) is 0 Å². The van der Waals surface area contributed by atoms with Crippen LogP contribution in [0.1, 0.15) is 32.6 Å². The van der Waals surface area contributed by atoms with Crippen LogP contribution in [0.5, 0.6) is 0 Å². The van der Waals surface area contributed by atoms with E-state index in [4.69, 9.17) is 10.5 Å². The predicted molar refractivity (Wildman–Crippen MR) is 75.4 cm³/mol. The van der Waals surface area contributed by atoms with Crippen LogP contribution in [0.2, 0.25) is 0 Å². The van der Waals surface area contributed by atoms with Gasteiger partial charge in [0.25, 0.3) is 0 Å². The highest BCUT2D eigenvalue weighted by molar-refractivity contribution is 7.90. The van der Waals surface area contributed by atoms with Crippen LogP contribution >= 0.6 is 12.4 Å². The van der Waals surface area contributed by atoms with E-state index in [9.17, 15) is 8.42 Å². The van der Waals surface area contributed by atoms with E-state index in [1.54, 1.807) is 6.92 Å². The SMILES string of the molecule is COCC(C)S(=O)(=O)NC1CCCCC1CN.Cl. The maximum atomic E-state index is 12.0. The first-order valence-corrected chi connectivity index (χ1v) is 7.76. The van der Waals surface area contributed by atoms with Crippen molar-refractivity contribution in [3.8, 4) is 0 Å². The highest BCUT2D eigenvalue weighted by atomic mass is 35.5. The van der Waals surface area contributed by atoms with E-state index < -0.39 is 15.3 Å². The van der Waals surface area contributed by atoms with E-state index in [0.29, 0.717) is 6.54 Å². The first-order valence-electron chi connectivity index (χ1n) is 6.21. The zero-order valence-electron chi connectivity index (χ0n) is 11.1. The Morgan fingerprint density at radius 1 is 1.39 bits per heavy atom.